The molecule has 2 N–H and O–H groups in total. The van der Waals surface area contributed by atoms with E-state index in [9.17, 15) is 4.39 Å². The maximum Gasteiger partial charge on any atom is 0.166 e. The number of nitrogens with zero attached hydrogens (tertiary/aromatic N) is 2. The molecule has 16 heavy (non-hydrogen) atoms. The fraction of sp³-hybridized carbons (Fsp3) is 0.455. The molecular formula is C11H15FN2O2. The molecule has 0 unspecified atom stereocenters. The van der Waals surface area contributed by atoms with Crippen molar-refractivity contribution in [3.8, 4) is 5.75 Å². The zero-order valence-corrected chi connectivity index (χ0v) is 8.93. The smallest absolute Gasteiger partial charge is 0.166 e. The lowest BCUT2D eigenvalue weighted by molar-refractivity contribution is 0.102. The Hall–Kier alpha value is -1.33. The zero-order valence-electron chi connectivity index (χ0n) is 8.93. The van der Waals surface area contributed by atoms with Gasteiger partial charge in [0, 0.05) is 37.9 Å². The van der Waals surface area contributed by atoms with E-state index in [4.69, 9.17) is 10.2 Å². The Morgan fingerprint density at radius 3 is 2.44 bits per heavy atom. The lowest BCUT2D eigenvalue weighted by atomic mass is 10.2. The normalized spacial score (nSPS) is 17.8. The fourth-order valence-electron chi connectivity index (χ4n) is 1.84. The molecule has 0 atom stereocenters. The van der Waals surface area contributed by atoms with Crippen molar-refractivity contribution in [1.82, 2.24) is 4.90 Å². The van der Waals surface area contributed by atoms with Crippen LogP contribution in [0.15, 0.2) is 18.2 Å². The molecule has 88 valence electrons. The van der Waals surface area contributed by atoms with E-state index in [-0.39, 0.29) is 12.5 Å². The molecule has 0 amide bonds. The summed E-state index contributed by atoms with van der Waals surface area (Å²) in [7, 11) is 0. The molecule has 1 fully saturated rings. The molecule has 1 saturated heterocycles. The quantitative estimate of drug-likeness (QED) is 0.775. The summed E-state index contributed by atoms with van der Waals surface area (Å²) in [5.74, 6) is -0.917. The number of rotatable bonds is 2. The number of hydrogen-bond donors (Lipinski definition) is 2. The summed E-state index contributed by atoms with van der Waals surface area (Å²) in [4.78, 5) is 3.96. The monoisotopic (exact) mass is 226 g/mol. The fourth-order valence-corrected chi connectivity index (χ4v) is 1.84. The van der Waals surface area contributed by atoms with Gasteiger partial charge in [0.25, 0.3) is 0 Å². The molecule has 1 aliphatic rings. The van der Waals surface area contributed by atoms with Gasteiger partial charge in [-0.1, -0.05) is 0 Å². The predicted molar refractivity (Wildman–Crippen MR) is 58.9 cm³/mol. The summed E-state index contributed by atoms with van der Waals surface area (Å²) in [6, 6.07) is 4.40. The lowest BCUT2D eigenvalue weighted by Crippen LogP contribution is -2.46. The second-order valence-corrected chi connectivity index (χ2v) is 3.88. The van der Waals surface area contributed by atoms with Crippen molar-refractivity contribution < 1.29 is 14.6 Å². The van der Waals surface area contributed by atoms with Crippen molar-refractivity contribution in [2.45, 2.75) is 0 Å². The van der Waals surface area contributed by atoms with Gasteiger partial charge >= 0.3 is 0 Å². The number of halogens is 1. The van der Waals surface area contributed by atoms with E-state index in [2.05, 4.69) is 0 Å². The average Bonchev–Trinajstić information content (AvgIpc) is 2.33. The molecule has 4 nitrogen and oxygen atoms in total. The molecule has 0 bridgehead atoms. The molecule has 0 aliphatic carbocycles. The number of aliphatic hydroxyl groups is 1. The molecule has 0 spiro atoms. The minimum Gasteiger partial charge on any atom is -0.505 e. The molecule has 1 aliphatic heterocycles. The molecule has 1 aromatic rings. The molecular weight excluding hydrogens is 211 g/mol. The van der Waals surface area contributed by atoms with Gasteiger partial charge < -0.3 is 15.1 Å². The second-order valence-electron chi connectivity index (χ2n) is 3.88. The van der Waals surface area contributed by atoms with Crippen molar-refractivity contribution in [2.24, 2.45) is 0 Å². The minimum absolute atomic E-state index is 0.0672. The predicted octanol–water partition coefficient (Wildman–Crippen LogP) is 0.603. The highest BCUT2D eigenvalue weighted by Gasteiger charge is 2.17. The summed E-state index contributed by atoms with van der Waals surface area (Å²) in [5.41, 5.74) is 0.771. The van der Waals surface area contributed by atoms with Gasteiger partial charge in [0.05, 0.1) is 6.73 Å². The highest BCUT2D eigenvalue weighted by atomic mass is 19.1. The number of benzene rings is 1. The van der Waals surface area contributed by atoms with E-state index < -0.39 is 5.82 Å². The van der Waals surface area contributed by atoms with Crippen LogP contribution < -0.4 is 4.90 Å². The van der Waals surface area contributed by atoms with Crippen molar-refractivity contribution in [3.05, 3.63) is 24.0 Å². The number of phenols is 1. The Labute approximate surface area is 93.5 Å². The topological polar surface area (TPSA) is 46.9 Å². The number of aliphatic hydroxyl groups excluding tert-OH is 1. The van der Waals surface area contributed by atoms with Crippen LogP contribution in [0.25, 0.3) is 0 Å². The van der Waals surface area contributed by atoms with E-state index in [0.29, 0.717) is 0 Å². The average molecular weight is 226 g/mol. The van der Waals surface area contributed by atoms with Crippen molar-refractivity contribution in [2.75, 3.05) is 37.8 Å². The summed E-state index contributed by atoms with van der Waals surface area (Å²) in [6.45, 7) is 3.10. The van der Waals surface area contributed by atoms with Crippen LogP contribution in [-0.4, -0.2) is 48.0 Å². The van der Waals surface area contributed by atoms with Gasteiger partial charge in [0.2, 0.25) is 0 Å². The van der Waals surface area contributed by atoms with Crippen LogP contribution in [0.4, 0.5) is 10.1 Å². The van der Waals surface area contributed by atoms with E-state index in [1.807, 2.05) is 9.80 Å². The third kappa shape index (κ3) is 2.25. The van der Waals surface area contributed by atoms with Crippen molar-refractivity contribution >= 4 is 5.69 Å². The summed E-state index contributed by atoms with van der Waals surface area (Å²) in [5, 5.41) is 18.0. The Bertz CT molecular complexity index is 365. The van der Waals surface area contributed by atoms with Gasteiger partial charge in [-0.2, -0.15) is 0 Å². The summed E-state index contributed by atoms with van der Waals surface area (Å²) >= 11 is 0. The molecule has 1 aromatic carbocycles. The molecule has 0 radical (unpaired) electrons. The van der Waals surface area contributed by atoms with Gasteiger partial charge in [-0.15, -0.1) is 0 Å². The molecule has 0 saturated carbocycles. The van der Waals surface area contributed by atoms with Crippen LogP contribution in [0.5, 0.6) is 5.75 Å². The molecule has 1 heterocycles. The number of phenolic OH excluding ortho intramolecular Hbond substituents is 1. The third-order valence-electron chi connectivity index (χ3n) is 2.87. The number of piperazine rings is 1. The van der Waals surface area contributed by atoms with Crippen LogP contribution >= 0.6 is 0 Å². The van der Waals surface area contributed by atoms with Crippen molar-refractivity contribution in [3.63, 3.8) is 0 Å². The first-order valence-electron chi connectivity index (χ1n) is 5.27. The highest BCUT2D eigenvalue weighted by molar-refractivity contribution is 5.49. The van der Waals surface area contributed by atoms with E-state index in [1.54, 1.807) is 6.07 Å². The van der Waals surface area contributed by atoms with Gasteiger partial charge in [-0.25, -0.2) is 4.39 Å². The van der Waals surface area contributed by atoms with E-state index in [0.717, 1.165) is 31.9 Å². The Kier molecular flexibility index (Phi) is 3.26. The standard InChI is InChI=1S/C11H15FN2O2/c12-10-7-9(1-2-11(10)16)14-5-3-13(8-15)4-6-14/h1-2,7,15-16H,3-6,8H2. The van der Waals surface area contributed by atoms with Crippen LogP contribution in [0.2, 0.25) is 0 Å². The summed E-state index contributed by atoms with van der Waals surface area (Å²) in [6.07, 6.45) is 0. The van der Waals surface area contributed by atoms with Crippen LogP contribution in [-0.2, 0) is 0 Å². The Balaban J connectivity index is 2.05. The maximum absolute atomic E-state index is 13.1. The van der Waals surface area contributed by atoms with Gasteiger partial charge in [0.15, 0.2) is 11.6 Å². The van der Waals surface area contributed by atoms with Gasteiger partial charge in [-0.05, 0) is 12.1 Å². The number of anilines is 1. The first kappa shape index (κ1) is 11.2. The van der Waals surface area contributed by atoms with Gasteiger partial charge in [0.1, 0.15) is 0 Å². The summed E-state index contributed by atoms with van der Waals surface area (Å²) < 4.78 is 13.1. The Morgan fingerprint density at radius 1 is 1.19 bits per heavy atom. The van der Waals surface area contributed by atoms with Crippen molar-refractivity contribution in [1.29, 1.82) is 0 Å². The first-order valence-corrected chi connectivity index (χ1v) is 5.27. The van der Waals surface area contributed by atoms with E-state index >= 15 is 0 Å². The maximum atomic E-state index is 13.1. The minimum atomic E-state index is -0.595. The first-order chi connectivity index (χ1) is 7.70. The van der Waals surface area contributed by atoms with Gasteiger partial charge in [-0.3, -0.25) is 4.90 Å². The molecule has 0 aromatic heterocycles. The van der Waals surface area contributed by atoms with Crippen LogP contribution in [0, 0.1) is 5.82 Å². The zero-order chi connectivity index (χ0) is 11.5. The lowest BCUT2D eigenvalue weighted by Gasteiger charge is -2.35. The molecule has 5 heteroatoms. The SMILES string of the molecule is OCN1CCN(c2ccc(O)c(F)c2)CC1. The second kappa shape index (κ2) is 4.67. The van der Waals surface area contributed by atoms with E-state index in [1.165, 1.54) is 12.1 Å². The van der Waals surface area contributed by atoms with Crippen LogP contribution in [0.1, 0.15) is 0 Å². The number of aromatic hydroxyl groups is 1. The largest absolute Gasteiger partial charge is 0.505 e. The number of hydrogen-bond acceptors (Lipinski definition) is 4. The molecule has 2 rings (SSSR count). The third-order valence-corrected chi connectivity index (χ3v) is 2.87. The highest BCUT2D eigenvalue weighted by Crippen LogP contribution is 2.23. The van der Waals surface area contributed by atoms with Crippen LogP contribution in [0.3, 0.4) is 0 Å². The Morgan fingerprint density at radius 2 is 1.88 bits per heavy atom.